The van der Waals surface area contributed by atoms with Gasteiger partial charge in [0.05, 0.1) is 26.6 Å². The van der Waals surface area contributed by atoms with Crippen LogP contribution in [0.4, 0.5) is 0 Å². The predicted octanol–water partition coefficient (Wildman–Crippen LogP) is 2.88. The predicted molar refractivity (Wildman–Crippen MR) is 110 cm³/mol. The van der Waals surface area contributed by atoms with Crippen LogP contribution in [0.2, 0.25) is 0 Å². The summed E-state index contributed by atoms with van der Waals surface area (Å²) in [5.41, 5.74) is 0.396. The molecular formula is C23H16NO4S-. The molecule has 0 aromatic heterocycles. The Morgan fingerprint density at radius 1 is 0.759 bits per heavy atom. The third-order valence-corrected chi connectivity index (χ3v) is 6.30. The van der Waals surface area contributed by atoms with Gasteiger partial charge in [0.15, 0.2) is 0 Å². The molecule has 1 amide bonds. The summed E-state index contributed by atoms with van der Waals surface area (Å²) in [6, 6.07) is 20.6. The Balaban J connectivity index is 2.03. The molecule has 0 aliphatic rings. The number of nitrogens with one attached hydrogen (secondary N) is 1. The lowest BCUT2D eigenvalue weighted by atomic mass is 10.0. The first-order chi connectivity index (χ1) is 14.0. The Labute approximate surface area is 169 Å². The van der Waals surface area contributed by atoms with Gasteiger partial charge in [-0.05, 0) is 29.0 Å². The molecule has 0 bridgehead atoms. The number of aromatic carboxylic acids is 1. The van der Waals surface area contributed by atoms with E-state index in [4.69, 9.17) is 0 Å². The molecule has 6 heteroatoms. The number of hydrogen-bond donors (Lipinski definition) is 1. The van der Waals surface area contributed by atoms with Crippen molar-refractivity contribution in [1.29, 1.82) is 0 Å². The summed E-state index contributed by atoms with van der Waals surface area (Å²) in [4.78, 5) is 24.9. The van der Waals surface area contributed by atoms with Gasteiger partial charge in [0.25, 0.3) is 5.91 Å². The zero-order valence-corrected chi connectivity index (χ0v) is 16.3. The maximum atomic E-state index is 13.7. The maximum Gasteiger partial charge on any atom is 0.251 e. The number of rotatable bonds is 4. The standard InChI is InChI=1S/C23H17NO4S/c1-24-22(25)16-10-2-6-14-8-4-12-18(20(14)16)29(28)19-13-5-9-15-7-3-11-17(21(15)19)23(26)27/h2-13H,1H3,(H,24,25)(H,26,27)/p-1/t29-/m1/s1. The monoisotopic (exact) mass is 402 g/mol. The van der Waals surface area contributed by atoms with Crippen LogP contribution in [-0.2, 0) is 10.8 Å². The van der Waals surface area contributed by atoms with Gasteiger partial charge in [-0.1, -0.05) is 54.6 Å². The molecule has 0 spiro atoms. The molecule has 1 atom stereocenters. The number of benzene rings is 4. The van der Waals surface area contributed by atoms with E-state index < -0.39 is 16.8 Å². The fourth-order valence-corrected chi connectivity index (χ4v) is 5.00. The molecule has 0 saturated carbocycles. The first-order valence-electron chi connectivity index (χ1n) is 8.91. The average Bonchev–Trinajstić information content (AvgIpc) is 2.76. The van der Waals surface area contributed by atoms with Crippen LogP contribution in [0.25, 0.3) is 21.5 Å². The summed E-state index contributed by atoms with van der Waals surface area (Å²) in [6.07, 6.45) is 0. The van der Waals surface area contributed by atoms with Crippen molar-refractivity contribution in [3.8, 4) is 0 Å². The van der Waals surface area contributed by atoms with Crippen molar-refractivity contribution in [3.63, 3.8) is 0 Å². The van der Waals surface area contributed by atoms with Gasteiger partial charge in [0.1, 0.15) is 0 Å². The number of carbonyl (C=O) groups is 2. The normalized spacial score (nSPS) is 12.0. The molecule has 1 N–H and O–H groups in total. The third-order valence-electron chi connectivity index (χ3n) is 4.82. The summed E-state index contributed by atoms with van der Waals surface area (Å²) >= 11 is 0. The number of carboxylic acid groups (broad SMARTS) is 1. The summed E-state index contributed by atoms with van der Waals surface area (Å²) < 4.78 is 13.7. The van der Waals surface area contributed by atoms with E-state index in [1.165, 1.54) is 13.1 Å². The molecule has 5 nitrogen and oxygen atoms in total. The van der Waals surface area contributed by atoms with Gasteiger partial charge in [-0.15, -0.1) is 0 Å². The summed E-state index contributed by atoms with van der Waals surface area (Å²) in [5.74, 6) is -1.61. The average molecular weight is 402 g/mol. The lowest BCUT2D eigenvalue weighted by Crippen LogP contribution is -2.22. The second-order valence-corrected chi connectivity index (χ2v) is 7.87. The van der Waals surface area contributed by atoms with Crippen molar-refractivity contribution in [2.24, 2.45) is 0 Å². The Bertz CT molecular complexity index is 1300. The number of fused-ring (bicyclic) bond motifs is 2. The molecule has 0 aliphatic heterocycles. The minimum atomic E-state index is -1.72. The Kier molecular flexibility index (Phi) is 4.86. The van der Waals surface area contributed by atoms with Gasteiger partial charge in [0.2, 0.25) is 0 Å². The number of amides is 1. The Morgan fingerprint density at radius 2 is 1.21 bits per heavy atom. The molecule has 0 unspecified atom stereocenters. The smallest absolute Gasteiger partial charge is 0.251 e. The van der Waals surface area contributed by atoms with Crippen LogP contribution in [-0.4, -0.2) is 23.1 Å². The molecular weight excluding hydrogens is 386 g/mol. The van der Waals surface area contributed by atoms with Crippen LogP contribution in [0.3, 0.4) is 0 Å². The fraction of sp³-hybridized carbons (Fsp3) is 0.0435. The molecule has 0 heterocycles. The number of carbonyl (C=O) groups excluding carboxylic acids is 2. The molecule has 4 aromatic carbocycles. The molecule has 4 rings (SSSR count). The van der Waals surface area contributed by atoms with Gasteiger partial charge in [-0.25, -0.2) is 4.21 Å². The van der Waals surface area contributed by atoms with Crippen LogP contribution in [0, 0.1) is 0 Å². The van der Waals surface area contributed by atoms with E-state index in [1.807, 2.05) is 12.1 Å². The molecule has 0 fully saturated rings. The number of hydrogen-bond acceptors (Lipinski definition) is 4. The second kappa shape index (κ2) is 7.48. The summed E-state index contributed by atoms with van der Waals surface area (Å²) in [6.45, 7) is 0. The van der Waals surface area contributed by atoms with E-state index in [0.717, 1.165) is 5.39 Å². The molecule has 4 aromatic rings. The van der Waals surface area contributed by atoms with Gasteiger partial charge in [-0.3, -0.25) is 4.79 Å². The topological polar surface area (TPSA) is 86.3 Å². The zero-order chi connectivity index (χ0) is 20.5. The van der Waals surface area contributed by atoms with E-state index in [1.54, 1.807) is 54.6 Å². The molecule has 0 saturated heterocycles. The highest BCUT2D eigenvalue weighted by molar-refractivity contribution is 7.85. The van der Waals surface area contributed by atoms with Crippen molar-refractivity contribution < 1.29 is 18.9 Å². The second-order valence-electron chi connectivity index (χ2n) is 6.45. The van der Waals surface area contributed by atoms with Crippen LogP contribution in [0.15, 0.2) is 82.6 Å². The maximum absolute atomic E-state index is 13.7. The van der Waals surface area contributed by atoms with E-state index in [2.05, 4.69) is 5.32 Å². The molecule has 0 radical (unpaired) electrons. The minimum absolute atomic E-state index is 0.0155. The van der Waals surface area contributed by atoms with E-state index >= 15 is 0 Å². The summed E-state index contributed by atoms with van der Waals surface area (Å²) in [5, 5.41) is 16.7. The van der Waals surface area contributed by atoms with Gasteiger partial charge in [-0.2, -0.15) is 0 Å². The van der Waals surface area contributed by atoms with E-state index in [9.17, 15) is 18.9 Å². The van der Waals surface area contributed by atoms with Crippen LogP contribution >= 0.6 is 0 Å². The van der Waals surface area contributed by atoms with Crippen LogP contribution < -0.4 is 10.4 Å². The third kappa shape index (κ3) is 3.17. The van der Waals surface area contributed by atoms with Crippen molar-refractivity contribution in [2.75, 3.05) is 7.05 Å². The van der Waals surface area contributed by atoms with Gasteiger partial charge in [0, 0.05) is 28.9 Å². The van der Waals surface area contributed by atoms with Crippen LogP contribution in [0.1, 0.15) is 20.7 Å². The Morgan fingerprint density at radius 3 is 1.69 bits per heavy atom. The first-order valence-corrected chi connectivity index (χ1v) is 10.1. The number of carboxylic acids is 1. The zero-order valence-electron chi connectivity index (χ0n) is 15.5. The fourth-order valence-electron chi connectivity index (χ4n) is 3.53. The van der Waals surface area contributed by atoms with Crippen molar-refractivity contribution >= 4 is 44.2 Å². The van der Waals surface area contributed by atoms with E-state index in [0.29, 0.717) is 31.5 Å². The molecule has 144 valence electrons. The van der Waals surface area contributed by atoms with Gasteiger partial charge < -0.3 is 15.2 Å². The molecule has 0 aliphatic carbocycles. The van der Waals surface area contributed by atoms with Crippen molar-refractivity contribution in [1.82, 2.24) is 5.32 Å². The highest BCUT2D eigenvalue weighted by atomic mass is 32.2. The SMILES string of the molecule is CNC(=O)c1cccc2cccc([S@@](=O)c3cccc4cccc(C(=O)[O-])c34)c12. The van der Waals surface area contributed by atoms with E-state index in [-0.39, 0.29) is 11.5 Å². The summed E-state index contributed by atoms with van der Waals surface area (Å²) in [7, 11) is -0.183. The van der Waals surface area contributed by atoms with Crippen molar-refractivity contribution in [3.05, 3.63) is 83.9 Å². The highest BCUT2D eigenvalue weighted by Gasteiger charge is 2.19. The quantitative estimate of drug-likeness (QED) is 0.569. The van der Waals surface area contributed by atoms with Gasteiger partial charge >= 0.3 is 0 Å². The first kappa shape index (κ1) is 18.8. The molecule has 29 heavy (non-hydrogen) atoms. The lowest BCUT2D eigenvalue weighted by molar-refractivity contribution is -0.254. The minimum Gasteiger partial charge on any atom is -0.545 e. The van der Waals surface area contributed by atoms with Crippen LogP contribution in [0.5, 0.6) is 0 Å². The lowest BCUT2D eigenvalue weighted by Gasteiger charge is -2.14. The largest absolute Gasteiger partial charge is 0.545 e. The van der Waals surface area contributed by atoms with Crippen molar-refractivity contribution in [2.45, 2.75) is 9.79 Å². The Hall–Kier alpha value is -3.51. The highest BCUT2D eigenvalue weighted by Crippen LogP contribution is 2.33.